The van der Waals surface area contributed by atoms with E-state index in [9.17, 15) is 18.0 Å². The smallest absolute Gasteiger partial charge is 0.313 e. The standard InChI is InChI=1S/C24H15F3N2O/c1-28-22-20(24(25,26)27)14-21(17-9-3-2-4-10-17)29(23(22)30)15-18-12-7-11-16-8-5-6-13-19(16)18/h2-14H,15H2. The minimum absolute atomic E-state index is 0.0467. The van der Waals surface area contributed by atoms with Crippen molar-refractivity contribution in [3.05, 3.63) is 112 Å². The fraction of sp³-hybridized carbons (Fsp3) is 0.0833. The molecule has 0 fully saturated rings. The van der Waals surface area contributed by atoms with Crippen LogP contribution in [0.5, 0.6) is 0 Å². The quantitative estimate of drug-likeness (QED) is 0.369. The molecule has 0 saturated heterocycles. The van der Waals surface area contributed by atoms with Gasteiger partial charge in [0.05, 0.1) is 18.7 Å². The molecule has 1 heterocycles. The zero-order valence-corrected chi connectivity index (χ0v) is 15.6. The van der Waals surface area contributed by atoms with E-state index in [1.54, 1.807) is 30.3 Å². The van der Waals surface area contributed by atoms with Gasteiger partial charge in [0.15, 0.2) is 0 Å². The highest BCUT2D eigenvalue weighted by molar-refractivity contribution is 5.85. The van der Waals surface area contributed by atoms with E-state index >= 15 is 0 Å². The molecule has 30 heavy (non-hydrogen) atoms. The summed E-state index contributed by atoms with van der Waals surface area (Å²) in [4.78, 5) is 16.0. The maximum Gasteiger partial charge on any atom is 0.407 e. The van der Waals surface area contributed by atoms with Gasteiger partial charge in [0.1, 0.15) is 0 Å². The van der Waals surface area contributed by atoms with Crippen molar-refractivity contribution in [1.29, 1.82) is 0 Å². The summed E-state index contributed by atoms with van der Waals surface area (Å²) in [6.45, 7) is 7.25. The van der Waals surface area contributed by atoms with Crippen molar-refractivity contribution in [2.24, 2.45) is 0 Å². The number of aromatic nitrogens is 1. The van der Waals surface area contributed by atoms with Gasteiger partial charge in [0.25, 0.3) is 11.2 Å². The molecule has 0 unspecified atom stereocenters. The normalized spacial score (nSPS) is 11.4. The molecule has 148 valence electrons. The summed E-state index contributed by atoms with van der Waals surface area (Å²) in [5.74, 6) is 0. The average Bonchev–Trinajstić information content (AvgIpc) is 2.75. The van der Waals surface area contributed by atoms with E-state index in [2.05, 4.69) is 4.85 Å². The number of pyridine rings is 1. The molecule has 0 bridgehead atoms. The second kappa shape index (κ2) is 7.53. The first-order chi connectivity index (χ1) is 14.4. The molecule has 0 aliphatic heterocycles. The van der Waals surface area contributed by atoms with Gasteiger partial charge in [-0.05, 0) is 28.0 Å². The van der Waals surface area contributed by atoms with Gasteiger partial charge in [-0.25, -0.2) is 4.85 Å². The summed E-state index contributed by atoms with van der Waals surface area (Å²) >= 11 is 0. The lowest BCUT2D eigenvalue weighted by Gasteiger charge is -2.18. The van der Waals surface area contributed by atoms with Crippen molar-refractivity contribution < 1.29 is 13.2 Å². The number of hydrogen-bond acceptors (Lipinski definition) is 1. The Balaban J connectivity index is 2.01. The largest absolute Gasteiger partial charge is 0.407 e. The molecule has 1 aromatic heterocycles. The molecular formula is C24H15F3N2O. The Bertz CT molecular complexity index is 1330. The van der Waals surface area contributed by atoms with Crippen LogP contribution in [0, 0.1) is 6.57 Å². The van der Waals surface area contributed by atoms with Crippen LogP contribution in [-0.2, 0) is 12.7 Å². The average molecular weight is 404 g/mol. The van der Waals surface area contributed by atoms with E-state index in [1.807, 2.05) is 42.5 Å². The predicted octanol–water partition coefficient (Wildman–Crippen LogP) is 6.29. The number of alkyl halides is 3. The van der Waals surface area contributed by atoms with Crippen LogP contribution in [0.1, 0.15) is 11.1 Å². The molecule has 0 aliphatic carbocycles. The highest BCUT2D eigenvalue weighted by Crippen LogP contribution is 2.37. The van der Waals surface area contributed by atoms with Crippen molar-refractivity contribution in [2.75, 3.05) is 0 Å². The Morgan fingerprint density at radius 2 is 1.57 bits per heavy atom. The molecule has 4 rings (SSSR count). The van der Waals surface area contributed by atoms with Crippen molar-refractivity contribution in [2.45, 2.75) is 12.7 Å². The minimum Gasteiger partial charge on any atom is -0.313 e. The van der Waals surface area contributed by atoms with Crippen molar-refractivity contribution >= 4 is 16.5 Å². The molecule has 3 nitrogen and oxygen atoms in total. The minimum atomic E-state index is -4.80. The predicted molar refractivity (Wildman–Crippen MR) is 110 cm³/mol. The Hall–Kier alpha value is -3.85. The van der Waals surface area contributed by atoms with Crippen LogP contribution in [0.4, 0.5) is 18.9 Å². The molecule has 0 amide bonds. The van der Waals surface area contributed by atoms with E-state index < -0.39 is 23.0 Å². The number of hydrogen-bond donors (Lipinski definition) is 0. The molecular weight excluding hydrogens is 389 g/mol. The highest BCUT2D eigenvalue weighted by atomic mass is 19.4. The number of fused-ring (bicyclic) bond motifs is 1. The second-order valence-corrected chi connectivity index (χ2v) is 6.80. The van der Waals surface area contributed by atoms with Gasteiger partial charge in [-0.15, -0.1) is 0 Å². The summed E-state index contributed by atoms with van der Waals surface area (Å²) in [6.07, 6.45) is -4.80. The molecule has 0 N–H and O–H groups in total. The fourth-order valence-corrected chi connectivity index (χ4v) is 3.57. The number of halogens is 3. The molecule has 6 heteroatoms. The van der Waals surface area contributed by atoms with E-state index in [4.69, 9.17) is 6.57 Å². The van der Waals surface area contributed by atoms with Gasteiger partial charge in [-0.1, -0.05) is 72.8 Å². The summed E-state index contributed by atoms with van der Waals surface area (Å²) in [6, 6.07) is 22.5. The second-order valence-electron chi connectivity index (χ2n) is 6.80. The third kappa shape index (κ3) is 3.46. The third-order valence-electron chi connectivity index (χ3n) is 4.97. The molecule has 0 spiro atoms. The summed E-state index contributed by atoms with van der Waals surface area (Å²) < 4.78 is 42.0. The van der Waals surface area contributed by atoms with Gasteiger partial charge >= 0.3 is 6.18 Å². The molecule has 4 aromatic rings. The first-order valence-electron chi connectivity index (χ1n) is 9.14. The van der Waals surface area contributed by atoms with Crippen LogP contribution in [0.25, 0.3) is 26.9 Å². The molecule has 0 atom stereocenters. The van der Waals surface area contributed by atoms with Gasteiger partial charge < -0.3 is 4.57 Å². The van der Waals surface area contributed by atoms with Crippen LogP contribution in [0.3, 0.4) is 0 Å². The van der Waals surface area contributed by atoms with Crippen LogP contribution >= 0.6 is 0 Å². The maximum atomic E-state index is 13.6. The van der Waals surface area contributed by atoms with Gasteiger partial charge in [0, 0.05) is 5.69 Å². The van der Waals surface area contributed by atoms with Gasteiger partial charge in [0.2, 0.25) is 0 Å². The van der Waals surface area contributed by atoms with Crippen molar-refractivity contribution in [1.82, 2.24) is 4.57 Å². The Morgan fingerprint density at radius 3 is 2.27 bits per heavy atom. The summed E-state index contributed by atoms with van der Waals surface area (Å²) in [5, 5.41) is 1.86. The zero-order valence-electron chi connectivity index (χ0n) is 15.6. The first-order valence-corrected chi connectivity index (χ1v) is 9.14. The van der Waals surface area contributed by atoms with E-state index in [0.29, 0.717) is 5.56 Å². The zero-order chi connectivity index (χ0) is 21.3. The fourth-order valence-electron chi connectivity index (χ4n) is 3.57. The Labute approximate surface area is 170 Å². The number of nitrogens with zero attached hydrogens (tertiary/aromatic N) is 2. The van der Waals surface area contributed by atoms with Gasteiger partial charge in [-0.2, -0.15) is 13.2 Å². The number of rotatable bonds is 3. The molecule has 0 saturated carbocycles. The van der Waals surface area contributed by atoms with Crippen molar-refractivity contribution in [3.63, 3.8) is 0 Å². The highest BCUT2D eigenvalue weighted by Gasteiger charge is 2.36. The summed E-state index contributed by atoms with van der Waals surface area (Å²) in [5.41, 5.74) is -1.71. The first kappa shape index (κ1) is 19.5. The van der Waals surface area contributed by atoms with E-state index in [0.717, 1.165) is 22.4 Å². The summed E-state index contributed by atoms with van der Waals surface area (Å²) in [7, 11) is 0. The van der Waals surface area contributed by atoms with Crippen molar-refractivity contribution in [3.8, 4) is 11.3 Å². The lowest BCUT2D eigenvalue weighted by atomic mass is 10.0. The maximum absolute atomic E-state index is 13.6. The Morgan fingerprint density at radius 1 is 0.900 bits per heavy atom. The SMILES string of the molecule is [C-]#[N+]c1c(C(F)(F)F)cc(-c2ccccc2)n(Cc2cccc3ccccc23)c1=O. The molecule has 3 aromatic carbocycles. The third-order valence-corrected chi connectivity index (χ3v) is 4.97. The Kier molecular flexibility index (Phi) is 4.88. The van der Waals surface area contributed by atoms with E-state index in [1.165, 1.54) is 4.57 Å². The lowest BCUT2D eigenvalue weighted by molar-refractivity contribution is -0.136. The van der Waals surface area contributed by atoms with Crippen LogP contribution < -0.4 is 5.56 Å². The van der Waals surface area contributed by atoms with Gasteiger partial charge in [-0.3, -0.25) is 4.79 Å². The lowest BCUT2D eigenvalue weighted by Crippen LogP contribution is -2.25. The topological polar surface area (TPSA) is 26.4 Å². The number of benzene rings is 3. The monoisotopic (exact) mass is 404 g/mol. The van der Waals surface area contributed by atoms with E-state index in [-0.39, 0.29) is 12.2 Å². The van der Waals surface area contributed by atoms with Crippen LogP contribution in [0.2, 0.25) is 0 Å². The van der Waals surface area contributed by atoms with Crippen LogP contribution in [0.15, 0.2) is 83.7 Å². The molecule has 0 radical (unpaired) electrons. The van der Waals surface area contributed by atoms with Crippen LogP contribution in [-0.4, -0.2) is 4.57 Å². The molecule has 0 aliphatic rings.